The number of carboxylic acids is 1. The molecule has 122 valence electrons. The number of hydrogen-bond acceptors (Lipinski definition) is 2. The molecule has 0 heterocycles. The predicted molar refractivity (Wildman–Crippen MR) is 74.3 cm³/mol. The van der Waals surface area contributed by atoms with Crippen molar-refractivity contribution in [3.05, 3.63) is 35.4 Å². The van der Waals surface area contributed by atoms with Crippen LogP contribution in [0.15, 0.2) is 24.3 Å². The highest BCUT2D eigenvalue weighted by molar-refractivity contribution is 5.84. The Balaban J connectivity index is 2.87. The van der Waals surface area contributed by atoms with Gasteiger partial charge in [0, 0.05) is 6.54 Å². The van der Waals surface area contributed by atoms with Crippen LogP contribution in [0.5, 0.6) is 0 Å². The number of carbonyl (C=O) groups is 2. The van der Waals surface area contributed by atoms with Crippen LogP contribution in [0.1, 0.15) is 37.3 Å². The van der Waals surface area contributed by atoms with Crippen molar-refractivity contribution in [1.29, 1.82) is 0 Å². The van der Waals surface area contributed by atoms with Crippen molar-refractivity contribution in [3.8, 4) is 0 Å². The molecule has 4 nitrogen and oxygen atoms in total. The van der Waals surface area contributed by atoms with Gasteiger partial charge in [-0.1, -0.05) is 32.0 Å². The molecule has 2 atom stereocenters. The zero-order valence-corrected chi connectivity index (χ0v) is 12.3. The van der Waals surface area contributed by atoms with E-state index in [2.05, 4.69) is 5.32 Å². The van der Waals surface area contributed by atoms with E-state index < -0.39 is 35.5 Å². The molecule has 0 radical (unpaired) electrons. The van der Waals surface area contributed by atoms with Gasteiger partial charge in [0.2, 0.25) is 5.91 Å². The van der Waals surface area contributed by atoms with Crippen molar-refractivity contribution < 1.29 is 27.9 Å². The molecule has 1 aromatic carbocycles. The summed E-state index contributed by atoms with van der Waals surface area (Å²) in [4.78, 5) is 22.8. The van der Waals surface area contributed by atoms with Gasteiger partial charge in [0.25, 0.3) is 0 Å². The number of carbonyl (C=O) groups excluding carboxylic acids is 1. The maximum absolute atomic E-state index is 12.7. The zero-order chi connectivity index (χ0) is 16.9. The first kappa shape index (κ1) is 18.0. The summed E-state index contributed by atoms with van der Waals surface area (Å²) in [7, 11) is 0. The molecule has 0 bridgehead atoms. The van der Waals surface area contributed by atoms with E-state index in [-0.39, 0.29) is 12.1 Å². The van der Waals surface area contributed by atoms with Gasteiger partial charge in [-0.2, -0.15) is 13.2 Å². The van der Waals surface area contributed by atoms with Gasteiger partial charge in [-0.05, 0) is 18.1 Å². The number of aliphatic carboxylic acids is 1. The van der Waals surface area contributed by atoms with Crippen molar-refractivity contribution in [1.82, 2.24) is 5.32 Å². The molecule has 1 aromatic rings. The van der Waals surface area contributed by atoms with E-state index in [1.165, 1.54) is 19.1 Å². The van der Waals surface area contributed by atoms with Gasteiger partial charge in [0.1, 0.15) is 0 Å². The van der Waals surface area contributed by atoms with Gasteiger partial charge in [0.15, 0.2) is 0 Å². The van der Waals surface area contributed by atoms with Gasteiger partial charge in [-0.25, -0.2) is 0 Å². The number of alkyl halides is 3. The smallest absolute Gasteiger partial charge is 0.416 e. The van der Waals surface area contributed by atoms with Crippen molar-refractivity contribution in [2.24, 2.45) is 5.92 Å². The van der Waals surface area contributed by atoms with Gasteiger partial charge < -0.3 is 10.4 Å². The van der Waals surface area contributed by atoms with E-state index in [9.17, 15) is 22.8 Å². The lowest BCUT2D eigenvalue weighted by Crippen LogP contribution is -2.34. The monoisotopic (exact) mass is 317 g/mol. The minimum Gasteiger partial charge on any atom is -0.481 e. The highest BCUT2D eigenvalue weighted by Gasteiger charge is 2.31. The lowest BCUT2D eigenvalue weighted by atomic mass is 9.93. The molecular formula is C15H18F3NO3. The van der Waals surface area contributed by atoms with Crippen LogP contribution < -0.4 is 5.32 Å². The summed E-state index contributed by atoms with van der Waals surface area (Å²) in [6, 6.07) is 4.62. The zero-order valence-electron chi connectivity index (χ0n) is 12.3. The lowest BCUT2D eigenvalue weighted by Gasteiger charge is -2.18. The number of rotatable bonds is 6. The molecule has 0 aromatic heterocycles. The van der Waals surface area contributed by atoms with Crippen LogP contribution in [0.25, 0.3) is 0 Å². The van der Waals surface area contributed by atoms with Crippen LogP contribution in [0.4, 0.5) is 13.2 Å². The number of nitrogens with one attached hydrogen (secondary N) is 1. The highest BCUT2D eigenvalue weighted by Crippen LogP contribution is 2.31. The topological polar surface area (TPSA) is 66.4 Å². The summed E-state index contributed by atoms with van der Waals surface area (Å²) in [6.45, 7) is 3.06. The molecule has 1 amide bonds. The van der Waals surface area contributed by atoms with Crippen molar-refractivity contribution in [2.45, 2.75) is 32.4 Å². The second-order valence-corrected chi connectivity index (χ2v) is 5.07. The van der Waals surface area contributed by atoms with E-state index >= 15 is 0 Å². The largest absolute Gasteiger partial charge is 0.481 e. The molecule has 0 saturated carbocycles. The van der Waals surface area contributed by atoms with Crippen LogP contribution in [0.3, 0.4) is 0 Å². The molecule has 0 saturated heterocycles. The molecule has 0 aliphatic rings. The van der Waals surface area contributed by atoms with Crippen molar-refractivity contribution in [2.75, 3.05) is 6.54 Å². The first-order valence-corrected chi connectivity index (χ1v) is 6.84. The highest BCUT2D eigenvalue weighted by atomic mass is 19.4. The maximum atomic E-state index is 12.7. The molecule has 7 heteroatoms. The quantitative estimate of drug-likeness (QED) is 0.847. The molecule has 2 N–H and O–H groups in total. The van der Waals surface area contributed by atoms with Crippen LogP contribution in [-0.4, -0.2) is 23.5 Å². The number of halogens is 3. The maximum Gasteiger partial charge on any atom is 0.416 e. The fourth-order valence-corrected chi connectivity index (χ4v) is 1.97. The molecule has 22 heavy (non-hydrogen) atoms. The molecule has 0 aliphatic carbocycles. The Kier molecular flexibility index (Phi) is 5.96. The Hall–Kier alpha value is -2.05. The first-order valence-electron chi connectivity index (χ1n) is 6.84. The summed E-state index contributed by atoms with van der Waals surface area (Å²) < 4.78 is 38.1. The summed E-state index contributed by atoms with van der Waals surface area (Å²) in [6.07, 6.45) is -4.16. The SMILES string of the molecule is CCC(C(=O)NCC(C)C(=O)O)c1cccc(C(F)(F)F)c1. The summed E-state index contributed by atoms with van der Waals surface area (Å²) in [5, 5.41) is 11.2. The van der Waals surface area contributed by atoms with E-state index in [0.717, 1.165) is 12.1 Å². The van der Waals surface area contributed by atoms with Crippen molar-refractivity contribution in [3.63, 3.8) is 0 Å². The standard InChI is InChI=1S/C15H18F3NO3/c1-3-12(13(20)19-8-9(2)14(21)22)10-5-4-6-11(7-10)15(16,17)18/h4-7,9,12H,3,8H2,1-2H3,(H,19,20)(H,21,22). The average molecular weight is 317 g/mol. The second-order valence-electron chi connectivity index (χ2n) is 5.07. The van der Waals surface area contributed by atoms with Crippen LogP contribution >= 0.6 is 0 Å². The fourth-order valence-electron chi connectivity index (χ4n) is 1.97. The third-order valence-corrected chi connectivity index (χ3v) is 3.35. The number of hydrogen-bond donors (Lipinski definition) is 2. The number of amides is 1. The summed E-state index contributed by atoms with van der Waals surface area (Å²) in [5.41, 5.74) is -0.548. The van der Waals surface area contributed by atoms with Crippen LogP contribution in [0.2, 0.25) is 0 Å². The Bertz CT molecular complexity index is 543. The van der Waals surface area contributed by atoms with Crippen LogP contribution in [-0.2, 0) is 15.8 Å². The molecule has 0 fully saturated rings. The minimum atomic E-state index is -4.47. The minimum absolute atomic E-state index is 0.0658. The Morgan fingerprint density at radius 1 is 1.32 bits per heavy atom. The summed E-state index contributed by atoms with van der Waals surface area (Å²) in [5.74, 6) is -3.03. The third kappa shape index (κ3) is 4.75. The van der Waals surface area contributed by atoms with Crippen LogP contribution in [0, 0.1) is 5.92 Å². The molecular weight excluding hydrogens is 299 g/mol. The van der Waals surface area contributed by atoms with E-state index in [4.69, 9.17) is 5.11 Å². The lowest BCUT2D eigenvalue weighted by molar-refractivity contribution is -0.141. The fraction of sp³-hybridized carbons (Fsp3) is 0.467. The second kappa shape index (κ2) is 7.29. The Morgan fingerprint density at radius 3 is 2.45 bits per heavy atom. The Morgan fingerprint density at radius 2 is 1.95 bits per heavy atom. The summed E-state index contributed by atoms with van der Waals surface area (Å²) >= 11 is 0. The number of benzene rings is 1. The number of carboxylic acid groups (broad SMARTS) is 1. The van der Waals surface area contributed by atoms with Gasteiger partial charge in [-0.15, -0.1) is 0 Å². The first-order chi connectivity index (χ1) is 10.2. The van der Waals surface area contributed by atoms with Gasteiger partial charge in [-0.3, -0.25) is 9.59 Å². The average Bonchev–Trinajstić information content (AvgIpc) is 2.44. The molecule has 0 aliphatic heterocycles. The molecule has 0 spiro atoms. The molecule has 2 unspecified atom stereocenters. The predicted octanol–water partition coefficient (Wildman–Crippen LogP) is 3.04. The van der Waals surface area contributed by atoms with Gasteiger partial charge in [0.05, 0.1) is 17.4 Å². The van der Waals surface area contributed by atoms with E-state index in [1.807, 2.05) is 0 Å². The van der Waals surface area contributed by atoms with E-state index in [1.54, 1.807) is 6.92 Å². The van der Waals surface area contributed by atoms with Gasteiger partial charge >= 0.3 is 12.1 Å². The van der Waals surface area contributed by atoms with E-state index in [0.29, 0.717) is 6.42 Å². The van der Waals surface area contributed by atoms with Crippen molar-refractivity contribution >= 4 is 11.9 Å². The molecule has 1 rings (SSSR count). The normalized spacial score (nSPS) is 14.2. The Labute approximate surface area is 126 Å². The third-order valence-electron chi connectivity index (χ3n) is 3.35.